The van der Waals surface area contributed by atoms with Crippen molar-refractivity contribution in [1.82, 2.24) is 0 Å². The summed E-state index contributed by atoms with van der Waals surface area (Å²) in [6, 6.07) is 5.15. The third-order valence-corrected chi connectivity index (χ3v) is 4.68. The Balaban J connectivity index is 2.56. The number of ether oxygens (including phenoxy) is 1. The van der Waals surface area contributed by atoms with Gasteiger partial charge in [-0.15, -0.1) is 13.2 Å². The molecule has 0 atom stereocenters. The van der Waals surface area contributed by atoms with E-state index in [4.69, 9.17) is 4.74 Å². The number of nitrogens with zero attached hydrogens (tertiary/aromatic N) is 1. The van der Waals surface area contributed by atoms with Crippen LogP contribution in [-0.4, -0.2) is 35.4 Å². The quantitative estimate of drug-likeness (QED) is 0.628. The van der Waals surface area contributed by atoms with E-state index in [0.717, 1.165) is 11.3 Å². The predicted octanol–water partition coefficient (Wildman–Crippen LogP) is 2.90. The van der Waals surface area contributed by atoms with Crippen LogP contribution in [0.25, 0.3) is 0 Å². The minimum absolute atomic E-state index is 0.276. The molecule has 0 aliphatic carbocycles. The predicted molar refractivity (Wildman–Crippen MR) is 106 cm³/mol. The van der Waals surface area contributed by atoms with Crippen LogP contribution in [0.1, 0.15) is 45.6 Å². The van der Waals surface area contributed by atoms with Gasteiger partial charge in [0.25, 0.3) is 0 Å². The third-order valence-electron chi connectivity index (χ3n) is 4.68. The molecule has 5 nitrogen and oxygen atoms in total. The topological polar surface area (TPSA) is 70.0 Å². The van der Waals surface area contributed by atoms with Gasteiger partial charge in [0.15, 0.2) is 0 Å². The van der Waals surface area contributed by atoms with E-state index in [1.165, 1.54) is 0 Å². The lowest BCUT2D eigenvalue weighted by Crippen LogP contribution is -2.46. The molecule has 1 aromatic carbocycles. The van der Waals surface area contributed by atoms with Crippen molar-refractivity contribution in [2.24, 2.45) is 0 Å². The van der Waals surface area contributed by atoms with Crippen molar-refractivity contribution in [2.75, 3.05) is 11.4 Å². The first kappa shape index (κ1) is 20.3. The second-order valence-corrected chi connectivity index (χ2v) is 7.80. The lowest BCUT2D eigenvalue weighted by atomic mass is 9.67. The molecule has 0 radical (unpaired) electrons. The summed E-state index contributed by atoms with van der Waals surface area (Å²) in [6.45, 7) is 13.8. The fourth-order valence-electron chi connectivity index (χ4n) is 3.52. The average molecular weight is 357 g/mol. The second-order valence-electron chi connectivity index (χ2n) is 7.80. The van der Waals surface area contributed by atoms with Gasteiger partial charge < -0.3 is 14.8 Å². The second kappa shape index (κ2) is 7.68. The molecule has 0 saturated heterocycles. The third kappa shape index (κ3) is 4.19. The van der Waals surface area contributed by atoms with Crippen LogP contribution < -0.4 is 10.4 Å². The largest absolute Gasteiger partial charge is 0.488 e. The Morgan fingerprint density at radius 3 is 2.42 bits per heavy atom. The van der Waals surface area contributed by atoms with Crippen LogP contribution >= 0.6 is 0 Å². The number of carbonyl (C=O) groups is 1. The summed E-state index contributed by atoms with van der Waals surface area (Å²) in [5.74, 6) is 0. The Morgan fingerprint density at radius 1 is 1.31 bits per heavy atom. The summed E-state index contributed by atoms with van der Waals surface area (Å²) in [5.41, 5.74) is 1.16. The number of carbonyl (C=O) groups excluding carboxylic acids is 1. The fraction of sp³-hybridized carbons (Fsp3) is 0.450. The van der Waals surface area contributed by atoms with Gasteiger partial charge in [-0.05, 0) is 57.1 Å². The molecule has 0 spiro atoms. The molecular weight excluding hydrogens is 329 g/mol. The summed E-state index contributed by atoms with van der Waals surface area (Å²) in [5, 5.41) is 19.2. The molecule has 1 aromatic rings. The van der Waals surface area contributed by atoms with Crippen LogP contribution in [0.2, 0.25) is 0 Å². The molecule has 26 heavy (non-hydrogen) atoms. The number of fused-ring (bicyclic) bond motifs is 1. The minimum atomic E-state index is -1.57. The van der Waals surface area contributed by atoms with Gasteiger partial charge in [0.1, 0.15) is 5.60 Å². The molecular formula is C20H28BNO4. The van der Waals surface area contributed by atoms with Crippen molar-refractivity contribution in [3.63, 3.8) is 0 Å². The molecule has 0 bridgehead atoms. The molecule has 1 aliphatic heterocycles. The van der Waals surface area contributed by atoms with Gasteiger partial charge in [-0.25, -0.2) is 4.79 Å². The van der Waals surface area contributed by atoms with Crippen LogP contribution in [-0.2, 0) is 10.2 Å². The highest BCUT2D eigenvalue weighted by atomic mass is 16.6. The van der Waals surface area contributed by atoms with Gasteiger partial charge >= 0.3 is 13.2 Å². The van der Waals surface area contributed by atoms with Crippen molar-refractivity contribution < 1.29 is 19.6 Å². The molecule has 0 saturated carbocycles. The van der Waals surface area contributed by atoms with Crippen LogP contribution in [0.4, 0.5) is 10.5 Å². The molecule has 6 heteroatoms. The standard InChI is InChI=1S/C20H28BNO4/c1-6-10-20(11-7-2)12-13-22(18(23)26-19(3,4)5)17-9-8-15(21(24)25)14-16(17)20/h6-9,14,24-25H,1-2,10-13H2,3-5H3. The van der Waals surface area contributed by atoms with Gasteiger partial charge in [-0.3, -0.25) is 4.90 Å². The zero-order chi connectivity index (χ0) is 19.5. The summed E-state index contributed by atoms with van der Waals surface area (Å²) < 4.78 is 5.55. The molecule has 0 fully saturated rings. The number of amides is 1. The van der Waals surface area contributed by atoms with Crippen molar-refractivity contribution in [1.29, 1.82) is 0 Å². The number of anilines is 1. The van der Waals surface area contributed by atoms with E-state index in [-0.39, 0.29) is 5.41 Å². The van der Waals surface area contributed by atoms with E-state index in [2.05, 4.69) is 13.2 Å². The van der Waals surface area contributed by atoms with Crippen molar-refractivity contribution in [3.05, 3.63) is 49.1 Å². The van der Waals surface area contributed by atoms with Crippen LogP contribution in [0, 0.1) is 0 Å². The Bertz CT molecular complexity index is 684. The number of hydrogen-bond acceptors (Lipinski definition) is 4. The van der Waals surface area contributed by atoms with E-state index in [1.54, 1.807) is 23.1 Å². The van der Waals surface area contributed by atoms with Gasteiger partial charge in [0.2, 0.25) is 0 Å². The van der Waals surface area contributed by atoms with E-state index in [9.17, 15) is 14.8 Å². The number of benzene rings is 1. The molecule has 1 aliphatic rings. The fourth-order valence-corrected chi connectivity index (χ4v) is 3.52. The van der Waals surface area contributed by atoms with Gasteiger partial charge in [-0.1, -0.05) is 24.3 Å². The van der Waals surface area contributed by atoms with Crippen LogP contribution in [0.3, 0.4) is 0 Å². The van der Waals surface area contributed by atoms with Crippen LogP contribution in [0.5, 0.6) is 0 Å². The molecule has 0 aromatic heterocycles. The summed E-state index contributed by atoms with van der Waals surface area (Å²) >= 11 is 0. The maximum absolute atomic E-state index is 12.7. The SMILES string of the molecule is C=CCC1(CC=C)CCN(C(=O)OC(C)(C)C)c2ccc(B(O)O)cc21. The smallest absolute Gasteiger partial charge is 0.443 e. The number of hydrogen-bond donors (Lipinski definition) is 2. The first-order valence-corrected chi connectivity index (χ1v) is 8.86. The normalized spacial score (nSPS) is 15.8. The van der Waals surface area contributed by atoms with Gasteiger partial charge in [-0.2, -0.15) is 0 Å². The molecule has 1 heterocycles. The van der Waals surface area contributed by atoms with Crippen molar-refractivity contribution in [3.8, 4) is 0 Å². The van der Waals surface area contributed by atoms with Crippen molar-refractivity contribution in [2.45, 2.75) is 51.0 Å². The maximum Gasteiger partial charge on any atom is 0.488 e. The Morgan fingerprint density at radius 2 is 1.92 bits per heavy atom. The van der Waals surface area contributed by atoms with E-state index in [0.29, 0.717) is 31.3 Å². The first-order chi connectivity index (χ1) is 12.1. The van der Waals surface area contributed by atoms with Gasteiger partial charge in [0.05, 0.1) is 5.69 Å². The van der Waals surface area contributed by atoms with Gasteiger partial charge in [0, 0.05) is 12.0 Å². The van der Waals surface area contributed by atoms with E-state index in [1.807, 2.05) is 32.9 Å². The van der Waals surface area contributed by atoms with E-state index >= 15 is 0 Å². The zero-order valence-electron chi connectivity index (χ0n) is 15.9. The molecule has 0 unspecified atom stereocenters. The summed E-state index contributed by atoms with van der Waals surface area (Å²) in [4.78, 5) is 14.3. The van der Waals surface area contributed by atoms with Crippen LogP contribution in [0.15, 0.2) is 43.5 Å². The van der Waals surface area contributed by atoms with Crippen molar-refractivity contribution >= 4 is 24.4 Å². The Kier molecular flexibility index (Phi) is 5.99. The Labute approximate surface area is 156 Å². The number of allylic oxidation sites excluding steroid dienone is 2. The highest BCUT2D eigenvalue weighted by molar-refractivity contribution is 6.58. The average Bonchev–Trinajstić information content (AvgIpc) is 2.53. The first-order valence-electron chi connectivity index (χ1n) is 8.86. The lowest BCUT2D eigenvalue weighted by molar-refractivity contribution is 0.0573. The monoisotopic (exact) mass is 357 g/mol. The van der Waals surface area contributed by atoms with E-state index < -0.39 is 18.8 Å². The maximum atomic E-state index is 12.7. The number of rotatable bonds is 5. The summed E-state index contributed by atoms with van der Waals surface area (Å²) in [7, 11) is -1.57. The minimum Gasteiger partial charge on any atom is -0.443 e. The zero-order valence-corrected chi connectivity index (χ0v) is 15.9. The molecule has 2 N–H and O–H groups in total. The lowest BCUT2D eigenvalue weighted by Gasteiger charge is -2.43. The highest BCUT2D eigenvalue weighted by Crippen LogP contribution is 2.45. The molecule has 2 rings (SSSR count). The highest BCUT2D eigenvalue weighted by Gasteiger charge is 2.40. The summed E-state index contributed by atoms with van der Waals surface area (Å²) in [6.07, 6.45) is 5.44. The molecule has 1 amide bonds. The molecule has 140 valence electrons. The Hall–Kier alpha value is -2.05.